The predicted molar refractivity (Wildman–Crippen MR) is 111 cm³/mol. The van der Waals surface area contributed by atoms with Gasteiger partial charge in [-0.05, 0) is 55.1 Å². The van der Waals surface area contributed by atoms with Gasteiger partial charge in [0.15, 0.2) is 11.3 Å². The van der Waals surface area contributed by atoms with Crippen molar-refractivity contribution in [2.24, 2.45) is 11.8 Å². The van der Waals surface area contributed by atoms with Gasteiger partial charge in [0, 0.05) is 19.3 Å². The number of aromatic nitrogens is 2. The number of hydrogen-bond donors (Lipinski definition) is 1. The second kappa shape index (κ2) is 7.09. The number of aliphatic hydroxyl groups is 1. The molecule has 1 aliphatic heterocycles. The molecule has 4 aliphatic rings. The Morgan fingerprint density at radius 2 is 1.97 bits per heavy atom. The van der Waals surface area contributed by atoms with Crippen LogP contribution < -0.4 is 0 Å². The molecule has 2 amide bonds. The smallest absolute Gasteiger partial charge is 0.391 e. The fourth-order valence-corrected chi connectivity index (χ4v) is 5.74. The number of carbonyl (C=O) groups excluding carboxylic acids is 2. The molecule has 4 unspecified atom stereocenters. The van der Waals surface area contributed by atoms with Crippen LogP contribution >= 0.6 is 11.6 Å². The molecule has 2 aromatic rings. The summed E-state index contributed by atoms with van der Waals surface area (Å²) in [5.41, 5.74) is -1.12. The third kappa shape index (κ3) is 3.41. The third-order valence-corrected chi connectivity index (χ3v) is 7.90. The monoisotopic (exact) mass is 482 g/mol. The van der Waals surface area contributed by atoms with E-state index in [0.29, 0.717) is 11.5 Å². The zero-order valence-electron chi connectivity index (χ0n) is 17.6. The number of hydrogen-bond acceptors (Lipinski definition) is 4. The average molecular weight is 483 g/mol. The van der Waals surface area contributed by atoms with Gasteiger partial charge in [0.2, 0.25) is 5.91 Å². The second-order valence-corrected chi connectivity index (χ2v) is 10.0. The summed E-state index contributed by atoms with van der Waals surface area (Å²) in [5, 5.41) is 10.2. The van der Waals surface area contributed by atoms with Crippen molar-refractivity contribution < 1.29 is 27.9 Å². The van der Waals surface area contributed by atoms with E-state index in [1.807, 2.05) is 0 Å². The molecule has 6 rings (SSSR count). The highest BCUT2D eigenvalue weighted by Gasteiger charge is 2.55. The Balaban J connectivity index is 1.27. The minimum atomic E-state index is -4.65. The maximum absolute atomic E-state index is 13.7. The maximum atomic E-state index is 13.7. The topological polar surface area (TPSA) is 78.2 Å². The lowest BCUT2D eigenvalue weighted by Crippen LogP contribution is -2.57. The summed E-state index contributed by atoms with van der Waals surface area (Å²) >= 11 is 6.36. The van der Waals surface area contributed by atoms with E-state index in [9.17, 15) is 27.9 Å². The Hall–Kier alpha value is -2.33. The summed E-state index contributed by atoms with van der Waals surface area (Å²) in [7, 11) is 0. The minimum Gasteiger partial charge on any atom is -0.391 e. The molecule has 3 saturated carbocycles. The van der Waals surface area contributed by atoms with Crippen molar-refractivity contribution >= 4 is 29.1 Å². The first-order valence-electron chi connectivity index (χ1n) is 11.2. The van der Waals surface area contributed by atoms with Gasteiger partial charge in [-0.1, -0.05) is 11.6 Å². The SMILES string of the molecule is O=C(c1nc2c(C(F)(F)F)cc(C3CC3)cn2c1Cl)N1CCN(C2CC3CC3C2O)C(=O)C1. The Bertz CT molecular complexity index is 1180. The van der Waals surface area contributed by atoms with Crippen LogP contribution in [0.2, 0.25) is 5.15 Å². The summed E-state index contributed by atoms with van der Waals surface area (Å²) in [6, 6.07) is 0.858. The van der Waals surface area contributed by atoms with E-state index in [-0.39, 0.29) is 54.3 Å². The normalized spacial score (nSPS) is 29.7. The van der Waals surface area contributed by atoms with Gasteiger partial charge < -0.3 is 14.9 Å². The summed E-state index contributed by atoms with van der Waals surface area (Å²) in [6.45, 7) is 0.240. The number of piperazine rings is 1. The molecule has 3 heterocycles. The second-order valence-electron chi connectivity index (χ2n) is 9.67. The van der Waals surface area contributed by atoms with E-state index in [0.717, 1.165) is 36.2 Å². The van der Waals surface area contributed by atoms with E-state index in [2.05, 4.69) is 4.98 Å². The standard InChI is InChI=1S/C22H22ClF3N4O3/c23-19-17(27-20-14(22(24,25)26)6-12(8-30(19)20)10-1-2-10)21(33)28-3-4-29(16(31)9-28)15-7-11-5-13(11)18(15)32/h6,8,10-11,13,15,18,32H,1-5,7,9H2. The summed E-state index contributed by atoms with van der Waals surface area (Å²) in [6.07, 6.45) is -0.271. The van der Waals surface area contributed by atoms with Gasteiger partial charge in [-0.15, -0.1) is 0 Å². The Kier molecular flexibility index (Phi) is 4.56. The van der Waals surface area contributed by atoms with Gasteiger partial charge in [-0.3, -0.25) is 14.0 Å². The van der Waals surface area contributed by atoms with Crippen LogP contribution in [-0.2, 0) is 11.0 Å². The van der Waals surface area contributed by atoms with Crippen LogP contribution in [0.4, 0.5) is 13.2 Å². The zero-order chi connectivity index (χ0) is 23.2. The summed E-state index contributed by atoms with van der Waals surface area (Å²) in [4.78, 5) is 32.8. The number of carbonyl (C=O) groups is 2. The largest absolute Gasteiger partial charge is 0.419 e. The van der Waals surface area contributed by atoms with Crippen molar-refractivity contribution in [1.82, 2.24) is 19.2 Å². The summed E-state index contributed by atoms with van der Waals surface area (Å²) < 4.78 is 42.3. The molecule has 2 aromatic heterocycles. The molecule has 4 atom stereocenters. The first kappa shape index (κ1) is 21.2. The number of nitrogens with zero attached hydrogens (tertiary/aromatic N) is 4. The number of imidazole rings is 1. The highest BCUT2D eigenvalue weighted by Crippen LogP contribution is 2.53. The molecule has 3 aliphatic carbocycles. The van der Waals surface area contributed by atoms with Crippen molar-refractivity contribution in [3.63, 3.8) is 0 Å². The molecule has 0 radical (unpaired) electrons. The van der Waals surface area contributed by atoms with E-state index in [1.165, 1.54) is 11.1 Å². The average Bonchev–Trinajstić information content (AvgIpc) is 3.68. The fraction of sp³-hybridized carbons (Fsp3) is 0.591. The van der Waals surface area contributed by atoms with E-state index in [1.54, 1.807) is 4.90 Å². The van der Waals surface area contributed by atoms with Crippen molar-refractivity contribution in [2.45, 2.75) is 49.9 Å². The van der Waals surface area contributed by atoms with Crippen LogP contribution in [0.5, 0.6) is 0 Å². The predicted octanol–water partition coefficient (Wildman–Crippen LogP) is 2.94. The van der Waals surface area contributed by atoms with Gasteiger partial charge >= 0.3 is 6.18 Å². The van der Waals surface area contributed by atoms with Gasteiger partial charge in [0.25, 0.3) is 5.91 Å². The van der Waals surface area contributed by atoms with Crippen molar-refractivity contribution in [3.05, 3.63) is 34.2 Å². The zero-order valence-corrected chi connectivity index (χ0v) is 18.3. The molecule has 33 heavy (non-hydrogen) atoms. The number of fused-ring (bicyclic) bond motifs is 2. The minimum absolute atomic E-state index is 0.0517. The van der Waals surface area contributed by atoms with Crippen molar-refractivity contribution in [3.8, 4) is 0 Å². The molecule has 4 fully saturated rings. The lowest BCUT2D eigenvalue weighted by Gasteiger charge is -2.39. The molecular weight excluding hydrogens is 461 g/mol. The molecule has 7 nitrogen and oxygen atoms in total. The molecule has 0 aromatic carbocycles. The van der Waals surface area contributed by atoms with Crippen molar-refractivity contribution in [1.29, 1.82) is 0 Å². The van der Waals surface area contributed by atoms with Crippen LogP contribution in [0.3, 0.4) is 0 Å². The van der Waals surface area contributed by atoms with Crippen LogP contribution in [0.1, 0.15) is 53.2 Å². The molecule has 1 N–H and O–H groups in total. The van der Waals surface area contributed by atoms with Crippen LogP contribution in [0.25, 0.3) is 5.65 Å². The number of halogens is 4. The number of pyridine rings is 1. The maximum Gasteiger partial charge on any atom is 0.419 e. The quantitative estimate of drug-likeness (QED) is 0.729. The lowest BCUT2D eigenvalue weighted by atomic mass is 10.1. The van der Waals surface area contributed by atoms with E-state index < -0.39 is 29.4 Å². The summed E-state index contributed by atoms with van der Waals surface area (Å²) in [5.74, 6) is -0.171. The highest BCUT2D eigenvalue weighted by molar-refractivity contribution is 6.33. The molecule has 11 heteroatoms. The first-order chi connectivity index (χ1) is 15.6. The number of aliphatic hydroxyl groups excluding tert-OH is 1. The molecular formula is C22H22ClF3N4O3. The number of rotatable bonds is 3. The molecule has 0 bridgehead atoms. The molecule has 0 spiro atoms. The van der Waals surface area contributed by atoms with Crippen molar-refractivity contribution in [2.75, 3.05) is 19.6 Å². The number of alkyl halides is 3. The van der Waals surface area contributed by atoms with Crippen LogP contribution in [-0.4, -0.2) is 67.9 Å². The van der Waals surface area contributed by atoms with Crippen LogP contribution in [0.15, 0.2) is 12.3 Å². The Morgan fingerprint density at radius 1 is 1.21 bits per heavy atom. The highest BCUT2D eigenvalue weighted by atomic mass is 35.5. The third-order valence-electron chi connectivity index (χ3n) is 7.54. The fourth-order valence-electron chi connectivity index (χ4n) is 5.49. The molecule has 1 saturated heterocycles. The van der Waals surface area contributed by atoms with Crippen LogP contribution in [0, 0.1) is 11.8 Å². The number of amides is 2. The lowest BCUT2D eigenvalue weighted by molar-refractivity contribution is -0.140. The molecule has 176 valence electrons. The van der Waals surface area contributed by atoms with Gasteiger partial charge in [-0.2, -0.15) is 13.2 Å². The Labute approximate surface area is 192 Å². The van der Waals surface area contributed by atoms with Gasteiger partial charge in [0.05, 0.1) is 17.7 Å². The first-order valence-corrected chi connectivity index (χ1v) is 11.6. The van der Waals surface area contributed by atoms with Gasteiger partial charge in [-0.25, -0.2) is 4.98 Å². The van der Waals surface area contributed by atoms with E-state index in [4.69, 9.17) is 11.6 Å². The Morgan fingerprint density at radius 3 is 2.58 bits per heavy atom. The van der Waals surface area contributed by atoms with E-state index >= 15 is 0 Å². The van der Waals surface area contributed by atoms with Gasteiger partial charge in [0.1, 0.15) is 11.7 Å².